The van der Waals surface area contributed by atoms with Crippen molar-refractivity contribution >= 4 is 5.71 Å². The van der Waals surface area contributed by atoms with Gasteiger partial charge in [-0.25, -0.2) is 0 Å². The summed E-state index contributed by atoms with van der Waals surface area (Å²) in [6.07, 6.45) is 6.36. The molecule has 0 aromatic heterocycles. The molecule has 0 fully saturated rings. The van der Waals surface area contributed by atoms with Gasteiger partial charge in [-0.3, -0.25) is 4.99 Å². The average molecular weight is 190 g/mol. The third-order valence-electron chi connectivity index (χ3n) is 3.38. The summed E-state index contributed by atoms with van der Waals surface area (Å²) in [5, 5.41) is 0. The molecule has 0 spiro atoms. The maximum absolute atomic E-state index is 6.15. The van der Waals surface area contributed by atoms with E-state index in [1.807, 2.05) is 6.20 Å². The number of nitrogens with zero attached hydrogens (tertiary/aromatic N) is 1. The quantitative estimate of drug-likeness (QED) is 0.584. The summed E-state index contributed by atoms with van der Waals surface area (Å²) < 4.78 is 0. The third-order valence-corrected chi connectivity index (χ3v) is 3.38. The van der Waals surface area contributed by atoms with Crippen LogP contribution in [0.4, 0.5) is 0 Å². The smallest absolute Gasteiger partial charge is 0.0497 e. The first-order chi connectivity index (χ1) is 6.61. The van der Waals surface area contributed by atoms with Crippen LogP contribution in [0.3, 0.4) is 0 Å². The van der Waals surface area contributed by atoms with Crippen molar-refractivity contribution in [1.29, 1.82) is 0 Å². The van der Waals surface area contributed by atoms with E-state index in [-0.39, 0.29) is 6.04 Å². The monoisotopic (exact) mass is 190 g/mol. The Balaban J connectivity index is 2.43. The molecule has 4 unspecified atom stereocenters. The molecule has 0 amide bonds. The van der Waals surface area contributed by atoms with Crippen LogP contribution in [0.25, 0.3) is 0 Å². The number of fused-ring (bicyclic) bond motifs is 1. The highest BCUT2D eigenvalue weighted by Crippen LogP contribution is 2.33. The normalized spacial score (nSPS) is 41.4. The van der Waals surface area contributed by atoms with Gasteiger partial charge in [0.1, 0.15) is 0 Å². The summed E-state index contributed by atoms with van der Waals surface area (Å²) in [4.78, 5) is 4.45. The summed E-state index contributed by atoms with van der Waals surface area (Å²) in [5.74, 6) is 1.41. The van der Waals surface area contributed by atoms with Gasteiger partial charge < -0.3 is 5.73 Å². The van der Waals surface area contributed by atoms with Crippen molar-refractivity contribution in [2.24, 2.45) is 28.5 Å². The standard InChI is InChI=1S/C12H18N2/c1-7-4-5-14-12-10(7)8(2)6-9(3)11(12)13/h4-7,9-11H,13H2,1-3H3. The van der Waals surface area contributed by atoms with Gasteiger partial charge in [-0.1, -0.05) is 31.6 Å². The van der Waals surface area contributed by atoms with E-state index in [4.69, 9.17) is 5.73 Å². The summed E-state index contributed by atoms with van der Waals surface area (Å²) >= 11 is 0. The predicted octanol–water partition coefficient (Wildman–Crippen LogP) is 2.13. The molecule has 0 aromatic carbocycles. The minimum atomic E-state index is 0.107. The van der Waals surface area contributed by atoms with Crippen molar-refractivity contribution in [2.75, 3.05) is 0 Å². The lowest BCUT2D eigenvalue weighted by Gasteiger charge is -2.36. The maximum atomic E-state index is 6.15. The first-order valence-corrected chi connectivity index (χ1v) is 5.29. The van der Waals surface area contributed by atoms with Crippen LogP contribution in [-0.2, 0) is 0 Å². The molecular weight excluding hydrogens is 172 g/mol. The molecule has 0 saturated carbocycles. The summed E-state index contributed by atoms with van der Waals surface area (Å²) in [5.41, 5.74) is 8.75. The Morgan fingerprint density at radius 3 is 2.71 bits per heavy atom. The fourth-order valence-electron chi connectivity index (χ4n) is 2.56. The molecule has 14 heavy (non-hydrogen) atoms. The number of allylic oxidation sites excluding steroid dienone is 2. The lowest BCUT2D eigenvalue weighted by molar-refractivity contribution is 0.520. The minimum Gasteiger partial charge on any atom is -0.322 e. The lowest BCUT2D eigenvalue weighted by atomic mass is 9.72. The SMILES string of the molecule is CC1=CC(C)C(N)C2=NC=CC(C)C12. The summed E-state index contributed by atoms with van der Waals surface area (Å²) in [6, 6.07) is 0.107. The van der Waals surface area contributed by atoms with E-state index in [1.165, 1.54) is 11.3 Å². The average Bonchev–Trinajstić information content (AvgIpc) is 2.14. The van der Waals surface area contributed by atoms with Crippen molar-refractivity contribution in [3.63, 3.8) is 0 Å². The van der Waals surface area contributed by atoms with Crippen molar-refractivity contribution in [1.82, 2.24) is 0 Å². The second kappa shape index (κ2) is 3.35. The van der Waals surface area contributed by atoms with Crippen molar-refractivity contribution in [3.8, 4) is 0 Å². The Labute approximate surface area is 85.6 Å². The molecule has 0 aromatic rings. The van der Waals surface area contributed by atoms with Gasteiger partial charge in [0.05, 0.1) is 0 Å². The van der Waals surface area contributed by atoms with Crippen LogP contribution in [0.1, 0.15) is 20.8 Å². The van der Waals surface area contributed by atoms with Gasteiger partial charge in [0.15, 0.2) is 0 Å². The Bertz CT molecular complexity index is 325. The van der Waals surface area contributed by atoms with Crippen LogP contribution in [0.15, 0.2) is 28.9 Å². The Hall–Kier alpha value is -0.890. The van der Waals surface area contributed by atoms with Crippen LogP contribution < -0.4 is 5.73 Å². The van der Waals surface area contributed by atoms with Crippen LogP contribution in [0.2, 0.25) is 0 Å². The second-order valence-electron chi connectivity index (χ2n) is 4.53. The van der Waals surface area contributed by atoms with E-state index in [0.717, 1.165) is 0 Å². The van der Waals surface area contributed by atoms with Crippen LogP contribution in [0, 0.1) is 17.8 Å². The van der Waals surface area contributed by atoms with Crippen LogP contribution in [-0.4, -0.2) is 11.8 Å². The van der Waals surface area contributed by atoms with E-state index in [9.17, 15) is 0 Å². The summed E-state index contributed by atoms with van der Waals surface area (Å²) in [6.45, 7) is 6.59. The fraction of sp³-hybridized carbons (Fsp3) is 0.583. The van der Waals surface area contributed by atoms with Gasteiger partial charge in [-0.2, -0.15) is 0 Å². The molecule has 2 rings (SSSR count). The first-order valence-electron chi connectivity index (χ1n) is 5.29. The van der Waals surface area contributed by atoms with Gasteiger partial charge in [0, 0.05) is 23.9 Å². The predicted molar refractivity (Wildman–Crippen MR) is 60.1 cm³/mol. The molecule has 4 atom stereocenters. The highest BCUT2D eigenvalue weighted by Gasteiger charge is 2.34. The molecule has 2 N–H and O–H groups in total. The van der Waals surface area contributed by atoms with Gasteiger partial charge in [-0.05, 0) is 18.8 Å². The van der Waals surface area contributed by atoms with E-state index in [0.29, 0.717) is 17.8 Å². The van der Waals surface area contributed by atoms with Crippen LogP contribution >= 0.6 is 0 Å². The molecule has 2 aliphatic rings. The zero-order valence-electron chi connectivity index (χ0n) is 9.07. The topological polar surface area (TPSA) is 38.4 Å². The van der Waals surface area contributed by atoms with E-state index >= 15 is 0 Å². The number of hydrogen-bond acceptors (Lipinski definition) is 2. The molecule has 76 valence electrons. The van der Waals surface area contributed by atoms with E-state index < -0.39 is 0 Å². The molecule has 1 aliphatic carbocycles. The third kappa shape index (κ3) is 1.34. The second-order valence-corrected chi connectivity index (χ2v) is 4.53. The molecule has 0 radical (unpaired) electrons. The van der Waals surface area contributed by atoms with Gasteiger partial charge in [0.25, 0.3) is 0 Å². The Morgan fingerprint density at radius 1 is 1.29 bits per heavy atom. The molecule has 0 bridgehead atoms. The highest BCUT2D eigenvalue weighted by molar-refractivity contribution is 5.96. The molecular formula is C12H18N2. The Kier molecular flexibility index (Phi) is 2.31. The van der Waals surface area contributed by atoms with Gasteiger partial charge in [-0.15, -0.1) is 0 Å². The summed E-state index contributed by atoms with van der Waals surface area (Å²) in [7, 11) is 0. The lowest BCUT2D eigenvalue weighted by Crippen LogP contribution is -2.46. The minimum absolute atomic E-state index is 0.107. The van der Waals surface area contributed by atoms with Crippen molar-refractivity contribution in [2.45, 2.75) is 26.8 Å². The van der Waals surface area contributed by atoms with E-state index in [2.05, 4.69) is 37.9 Å². The van der Waals surface area contributed by atoms with E-state index in [1.54, 1.807) is 0 Å². The maximum Gasteiger partial charge on any atom is 0.0497 e. The molecule has 1 aliphatic heterocycles. The Morgan fingerprint density at radius 2 is 2.00 bits per heavy atom. The highest BCUT2D eigenvalue weighted by atomic mass is 14.8. The number of rotatable bonds is 0. The molecule has 2 nitrogen and oxygen atoms in total. The zero-order valence-corrected chi connectivity index (χ0v) is 9.07. The molecule has 2 heteroatoms. The van der Waals surface area contributed by atoms with Crippen LogP contribution in [0.5, 0.6) is 0 Å². The number of nitrogens with two attached hydrogens (primary N) is 1. The van der Waals surface area contributed by atoms with Gasteiger partial charge >= 0.3 is 0 Å². The molecule has 1 heterocycles. The largest absolute Gasteiger partial charge is 0.322 e. The first kappa shape index (κ1) is 9.66. The number of hydrogen-bond donors (Lipinski definition) is 1. The van der Waals surface area contributed by atoms with Crippen molar-refractivity contribution in [3.05, 3.63) is 23.9 Å². The molecule has 0 saturated heterocycles. The number of aliphatic imine (C=N–C) groups is 1. The van der Waals surface area contributed by atoms with Crippen molar-refractivity contribution < 1.29 is 0 Å². The zero-order chi connectivity index (χ0) is 10.3. The van der Waals surface area contributed by atoms with Gasteiger partial charge in [0.2, 0.25) is 0 Å². The fourth-order valence-corrected chi connectivity index (χ4v) is 2.56.